The van der Waals surface area contributed by atoms with E-state index in [2.05, 4.69) is 9.97 Å². The van der Waals surface area contributed by atoms with Gasteiger partial charge in [-0.2, -0.15) is 0 Å². The number of carbonyl (C=O) groups is 1. The number of rotatable bonds is 9. The molecular formula is C21H30N4O3. The quantitative estimate of drug-likeness (QED) is 0.714. The van der Waals surface area contributed by atoms with Crippen molar-refractivity contribution < 1.29 is 14.6 Å². The van der Waals surface area contributed by atoms with Crippen molar-refractivity contribution in [3.05, 3.63) is 47.8 Å². The number of ether oxygens (including phenoxy) is 1. The van der Waals surface area contributed by atoms with Crippen LogP contribution < -0.4 is 9.64 Å². The van der Waals surface area contributed by atoms with Gasteiger partial charge < -0.3 is 19.6 Å². The number of likely N-dealkylation sites (N-methyl/N-ethyl adjacent to an activating group) is 2. The molecule has 2 aromatic rings. The van der Waals surface area contributed by atoms with Gasteiger partial charge in [-0.25, -0.2) is 9.97 Å². The second-order valence-electron chi connectivity index (χ2n) is 7.04. The lowest BCUT2D eigenvalue weighted by Crippen LogP contribution is -2.38. The first kappa shape index (κ1) is 21.6. The smallest absolute Gasteiger partial charge is 0.259 e. The summed E-state index contributed by atoms with van der Waals surface area (Å²) in [7, 11) is 1.92. The molecule has 28 heavy (non-hydrogen) atoms. The molecule has 0 saturated carbocycles. The number of carbonyl (C=O) groups excluding carboxylic acids is 1. The van der Waals surface area contributed by atoms with Gasteiger partial charge in [-0.15, -0.1) is 0 Å². The van der Waals surface area contributed by atoms with Crippen LogP contribution in [0.1, 0.15) is 43.7 Å². The van der Waals surface area contributed by atoms with Crippen molar-refractivity contribution in [2.24, 2.45) is 0 Å². The Bertz CT molecular complexity index is 789. The van der Waals surface area contributed by atoms with E-state index in [1.54, 1.807) is 43.1 Å². The third-order valence-electron chi connectivity index (χ3n) is 4.41. The van der Waals surface area contributed by atoms with Crippen LogP contribution in [0.3, 0.4) is 0 Å². The molecule has 0 aliphatic rings. The van der Waals surface area contributed by atoms with Gasteiger partial charge in [0.1, 0.15) is 17.0 Å². The van der Waals surface area contributed by atoms with Gasteiger partial charge in [-0.1, -0.05) is 6.07 Å². The average Bonchev–Trinajstić information content (AvgIpc) is 2.68. The Morgan fingerprint density at radius 3 is 2.57 bits per heavy atom. The molecular weight excluding hydrogens is 356 g/mol. The van der Waals surface area contributed by atoms with E-state index in [1.807, 2.05) is 37.9 Å². The van der Waals surface area contributed by atoms with Crippen LogP contribution in [0.5, 0.6) is 5.88 Å². The van der Waals surface area contributed by atoms with E-state index >= 15 is 0 Å². The van der Waals surface area contributed by atoms with E-state index in [0.717, 1.165) is 5.82 Å². The molecule has 0 unspecified atom stereocenters. The molecule has 2 rings (SSSR count). The molecule has 7 nitrogen and oxygen atoms in total. The van der Waals surface area contributed by atoms with Crippen molar-refractivity contribution in [3.63, 3.8) is 0 Å². The first-order chi connectivity index (χ1) is 13.3. The highest BCUT2D eigenvalue weighted by Gasteiger charge is 2.21. The average molecular weight is 386 g/mol. The topological polar surface area (TPSA) is 78.8 Å². The molecule has 0 saturated heterocycles. The molecule has 0 aromatic carbocycles. The SMILES string of the molecule is CCOc1ncccc1C(=O)N(CC)CCN(C)c1cccc(C(C)(C)O)n1. The molecule has 152 valence electrons. The summed E-state index contributed by atoms with van der Waals surface area (Å²) >= 11 is 0. The van der Waals surface area contributed by atoms with E-state index in [-0.39, 0.29) is 5.91 Å². The monoisotopic (exact) mass is 386 g/mol. The molecule has 0 bridgehead atoms. The van der Waals surface area contributed by atoms with Crippen molar-refractivity contribution in [2.45, 2.75) is 33.3 Å². The summed E-state index contributed by atoms with van der Waals surface area (Å²) in [5.74, 6) is 1.01. The first-order valence-electron chi connectivity index (χ1n) is 9.56. The highest BCUT2D eigenvalue weighted by atomic mass is 16.5. The summed E-state index contributed by atoms with van der Waals surface area (Å²) in [6.07, 6.45) is 1.62. The van der Waals surface area contributed by atoms with Crippen molar-refractivity contribution in [3.8, 4) is 5.88 Å². The maximum absolute atomic E-state index is 12.9. The summed E-state index contributed by atoms with van der Waals surface area (Å²) in [4.78, 5) is 25.4. The minimum absolute atomic E-state index is 0.106. The number of nitrogens with zero attached hydrogens (tertiary/aromatic N) is 4. The van der Waals surface area contributed by atoms with E-state index in [4.69, 9.17) is 4.74 Å². The number of pyridine rings is 2. The number of hydrogen-bond acceptors (Lipinski definition) is 6. The third-order valence-corrected chi connectivity index (χ3v) is 4.41. The molecule has 7 heteroatoms. The predicted molar refractivity (Wildman–Crippen MR) is 110 cm³/mol. The van der Waals surface area contributed by atoms with Gasteiger partial charge in [0.25, 0.3) is 5.91 Å². The minimum atomic E-state index is -1.00. The number of aliphatic hydroxyl groups is 1. The van der Waals surface area contributed by atoms with Crippen LogP contribution in [-0.2, 0) is 5.60 Å². The highest BCUT2D eigenvalue weighted by Crippen LogP contribution is 2.20. The lowest BCUT2D eigenvalue weighted by Gasteiger charge is -2.26. The van der Waals surface area contributed by atoms with Crippen molar-refractivity contribution >= 4 is 11.7 Å². The molecule has 1 N–H and O–H groups in total. The van der Waals surface area contributed by atoms with Crippen LogP contribution in [0.2, 0.25) is 0 Å². The molecule has 0 aliphatic carbocycles. The largest absolute Gasteiger partial charge is 0.477 e. The Morgan fingerprint density at radius 2 is 1.93 bits per heavy atom. The normalized spacial score (nSPS) is 11.2. The maximum Gasteiger partial charge on any atom is 0.259 e. The van der Waals surface area contributed by atoms with Crippen LogP contribution in [0.25, 0.3) is 0 Å². The van der Waals surface area contributed by atoms with Crippen LogP contribution in [-0.4, -0.2) is 59.2 Å². The highest BCUT2D eigenvalue weighted by molar-refractivity contribution is 5.96. The second-order valence-corrected chi connectivity index (χ2v) is 7.04. The Kier molecular flexibility index (Phi) is 7.34. The number of anilines is 1. The predicted octanol–water partition coefficient (Wildman–Crippen LogP) is 2.70. The molecule has 0 atom stereocenters. The molecule has 2 aromatic heterocycles. The lowest BCUT2D eigenvalue weighted by molar-refractivity contribution is 0.0739. The van der Waals surface area contributed by atoms with Crippen LogP contribution >= 0.6 is 0 Å². The number of aromatic nitrogens is 2. The molecule has 2 heterocycles. The Labute approximate surface area is 167 Å². The zero-order valence-corrected chi connectivity index (χ0v) is 17.3. The van der Waals surface area contributed by atoms with Crippen LogP contribution in [0, 0.1) is 0 Å². The first-order valence-corrected chi connectivity index (χ1v) is 9.56. The van der Waals surface area contributed by atoms with Crippen molar-refractivity contribution in [1.29, 1.82) is 0 Å². The zero-order chi connectivity index (χ0) is 20.7. The van der Waals surface area contributed by atoms with Gasteiger partial charge in [0, 0.05) is 32.9 Å². The Balaban J connectivity index is 2.09. The Morgan fingerprint density at radius 1 is 1.18 bits per heavy atom. The van der Waals surface area contributed by atoms with E-state index in [9.17, 15) is 9.90 Å². The molecule has 0 fully saturated rings. The van der Waals surface area contributed by atoms with Crippen molar-refractivity contribution in [1.82, 2.24) is 14.9 Å². The summed E-state index contributed by atoms with van der Waals surface area (Å²) in [5, 5.41) is 10.2. The van der Waals surface area contributed by atoms with Gasteiger partial charge in [-0.3, -0.25) is 4.79 Å². The van der Waals surface area contributed by atoms with Gasteiger partial charge in [0.05, 0.1) is 12.3 Å². The standard InChI is InChI=1S/C21H30N4O3/c1-6-25(20(26)16-10-9-13-22-19(16)28-7-2)15-14-24(5)18-12-8-11-17(23-18)21(3,4)27/h8-13,27H,6-7,14-15H2,1-5H3. The van der Waals surface area contributed by atoms with Gasteiger partial charge >= 0.3 is 0 Å². The minimum Gasteiger partial charge on any atom is -0.477 e. The fourth-order valence-corrected chi connectivity index (χ4v) is 2.74. The van der Waals surface area contributed by atoms with E-state index < -0.39 is 5.60 Å². The zero-order valence-electron chi connectivity index (χ0n) is 17.3. The van der Waals surface area contributed by atoms with Crippen LogP contribution in [0.15, 0.2) is 36.5 Å². The maximum atomic E-state index is 12.9. The summed E-state index contributed by atoms with van der Waals surface area (Å²) in [6, 6.07) is 9.04. The summed E-state index contributed by atoms with van der Waals surface area (Å²) in [6.45, 7) is 9.39. The second kappa shape index (κ2) is 9.50. The van der Waals surface area contributed by atoms with E-state index in [0.29, 0.717) is 43.4 Å². The fourth-order valence-electron chi connectivity index (χ4n) is 2.74. The van der Waals surface area contributed by atoms with Gasteiger partial charge in [-0.05, 0) is 52.0 Å². The molecule has 0 spiro atoms. The molecule has 1 amide bonds. The van der Waals surface area contributed by atoms with Gasteiger partial charge in [0.2, 0.25) is 5.88 Å². The van der Waals surface area contributed by atoms with Crippen molar-refractivity contribution in [2.75, 3.05) is 38.2 Å². The molecule has 0 radical (unpaired) electrons. The Hall–Kier alpha value is -2.67. The number of amides is 1. The van der Waals surface area contributed by atoms with Gasteiger partial charge in [0.15, 0.2) is 0 Å². The fraction of sp³-hybridized carbons (Fsp3) is 0.476. The number of hydrogen-bond donors (Lipinski definition) is 1. The van der Waals surface area contributed by atoms with E-state index in [1.165, 1.54) is 0 Å². The lowest BCUT2D eigenvalue weighted by atomic mass is 10.1. The third kappa shape index (κ3) is 5.42. The summed E-state index contributed by atoms with van der Waals surface area (Å²) < 4.78 is 5.49. The van der Waals surface area contributed by atoms with Crippen LogP contribution in [0.4, 0.5) is 5.82 Å². The summed E-state index contributed by atoms with van der Waals surface area (Å²) in [5.41, 5.74) is 0.0751. The molecule has 0 aliphatic heterocycles.